The molecule has 0 atom stereocenters. The van der Waals surface area contributed by atoms with Crippen molar-refractivity contribution >= 4 is 5.96 Å². The van der Waals surface area contributed by atoms with Gasteiger partial charge in [-0.25, -0.2) is 4.98 Å². The molecule has 0 aliphatic rings. The molecule has 2 aromatic carbocycles. The van der Waals surface area contributed by atoms with Crippen LogP contribution in [0.1, 0.15) is 11.1 Å². The zero-order valence-corrected chi connectivity index (χ0v) is 18.4. The first-order valence-electron chi connectivity index (χ1n) is 10.2. The predicted molar refractivity (Wildman–Crippen MR) is 126 cm³/mol. The van der Waals surface area contributed by atoms with Crippen molar-refractivity contribution < 1.29 is 14.2 Å². The van der Waals surface area contributed by atoms with Gasteiger partial charge in [-0.1, -0.05) is 36.9 Å². The summed E-state index contributed by atoms with van der Waals surface area (Å²) in [4.78, 5) is 8.66. The second-order valence-electron chi connectivity index (χ2n) is 6.77. The summed E-state index contributed by atoms with van der Waals surface area (Å²) in [5.41, 5.74) is 2.05. The normalized spacial score (nSPS) is 10.9. The van der Waals surface area contributed by atoms with E-state index in [1.807, 2.05) is 60.7 Å². The number of ether oxygens (including phenoxy) is 3. The van der Waals surface area contributed by atoms with E-state index >= 15 is 0 Å². The lowest BCUT2D eigenvalue weighted by molar-refractivity contribution is 0.358. The maximum Gasteiger partial charge on any atom is 0.219 e. The molecule has 0 spiro atoms. The van der Waals surface area contributed by atoms with Crippen molar-refractivity contribution in [3.8, 4) is 23.1 Å². The highest BCUT2D eigenvalue weighted by Crippen LogP contribution is 2.22. The zero-order valence-electron chi connectivity index (χ0n) is 18.4. The Morgan fingerprint density at radius 2 is 1.75 bits per heavy atom. The number of nitrogens with zero attached hydrogens (tertiary/aromatic N) is 2. The average molecular weight is 433 g/mol. The number of hydrogen-bond acceptors (Lipinski definition) is 5. The van der Waals surface area contributed by atoms with E-state index in [2.05, 4.69) is 27.2 Å². The van der Waals surface area contributed by atoms with Gasteiger partial charge in [-0.05, 0) is 35.9 Å². The molecule has 2 N–H and O–H groups in total. The maximum absolute atomic E-state index is 5.77. The van der Waals surface area contributed by atoms with Crippen LogP contribution in [0, 0.1) is 0 Å². The molecule has 1 aromatic heterocycles. The molecule has 7 nitrogen and oxygen atoms in total. The number of pyridine rings is 1. The van der Waals surface area contributed by atoms with Crippen LogP contribution in [-0.2, 0) is 13.1 Å². The summed E-state index contributed by atoms with van der Waals surface area (Å²) in [7, 11) is 3.37. The molecule has 32 heavy (non-hydrogen) atoms. The third kappa shape index (κ3) is 6.77. The molecule has 0 saturated heterocycles. The minimum absolute atomic E-state index is 0.467. The first-order chi connectivity index (χ1) is 15.7. The highest BCUT2D eigenvalue weighted by atomic mass is 16.5. The van der Waals surface area contributed by atoms with Crippen LogP contribution in [0.15, 0.2) is 84.5 Å². The quantitative estimate of drug-likeness (QED) is 0.282. The van der Waals surface area contributed by atoms with E-state index in [9.17, 15) is 0 Å². The number of benzene rings is 2. The van der Waals surface area contributed by atoms with Gasteiger partial charge in [-0.2, -0.15) is 0 Å². The number of aliphatic imine (C=N–C) groups is 1. The number of rotatable bonds is 10. The molecule has 0 aliphatic carbocycles. The van der Waals surface area contributed by atoms with Crippen molar-refractivity contribution in [2.75, 3.05) is 20.8 Å². The van der Waals surface area contributed by atoms with Crippen LogP contribution in [0.3, 0.4) is 0 Å². The fourth-order valence-corrected chi connectivity index (χ4v) is 2.87. The van der Waals surface area contributed by atoms with Crippen LogP contribution in [-0.4, -0.2) is 31.7 Å². The number of para-hydroxylation sites is 1. The molecule has 1 heterocycles. The lowest BCUT2D eigenvalue weighted by Gasteiger charge is -2.14. The molecule has 0 unspecified atom stereocenters. The van der Waals surface area contributed by atoms with E-state index in [-0.39, 0.29) is 0 Å². The van der Waals surface area contributed by atoms with Crippen LogP contribution in [0.5, 0.6) is 23.1 Å². The van der Waals surface area contributed by atoms with E-state index in [4.69, 9.17) is 14.2 Å². The topological polar surface area (TPSA) is 77.0 Å². The zero-order chi connectivity index (χ0) is 22.6. The van der Waals surface area contributed by atoms with Crippen molar-refractivity contribution in [3.63, 3.8) is 0 Å². The third-order valence-electron chi connectivity index (χ3n) is 4.54. The SMILES string of the molecule is C=CCOc1ccccc1CNC(=NC)NCc1ccc(Oc2ccc(OC)cc2)nc1. The summed E-state index contributed by atoms with van der Waals surface area (Å²) in [5.74, 6) is 3.51. The van der Waals surface area contributed by atoms with Crippen LogP contribution >= 0.6 is 0 Å². The van der Waals surface area contributed by atoms with Crippen molar-refractivity contribution in [1.82, 2.24) is 15.6 Å². The molecule has 3 rings (SSSR count). The lowest BCUT2D eigenvalue weighted by atomic mass is 10.2. The lowest BCUT2D eigenvalue weighted by Crippen LogP contribution is -2.36. The number of aromatic nitrogens is 1. The van der Waals surface area contributed by atoms with E-state index in [1.165, 1.54) is 0 Å². The van der Waals surface area contributed by atoms with Crippen LogP contribution < -0.4 is 24.8 Å². The predicted octanol–water partition coefficient (Wildman–Crippen LogP) is 4.31. The Kier molecular flexibility index (Phi) is 8.50. The van der Waals surface area contributed by atoms with Gasteiger partial charge in [0.05, 0.1) is 7.11 Å². The highest BCUT2D eigenvalue weighted by Gasteiger charge is 2.05. The van der Waals surface area contributed by atoms with Gasteiger partial charge in [-0.3, -0.25) is 4.99 Å². The second kappa shape index (κ2) is 12.0. The Balaban J connectivity index is 1.50. The van der Waals surface area contributed by atoms with E-state index in [0.717, 1.165) is 22.6 Å². The molecule has 0 bridgehead atoms. The van der Waals surface area contributed by atoms with Gasteiger partial charge in [0.25, 0.3) is 0 Å². The summed E-state index contributed by atoms with van der Waals surface area (Å²) < 4.78 is 16.6. The summed E-state index contributed by atoms with van der Waals surface area (Å²) >= 11 is 0. The Hall–Kier alpha value is -4.00. The maximum atomic E-state index is 5.77. The monoisotopic (exact) mass is 432 g/mol. The van der Waals surface area contributed by atoms with Gasteiger partial charge in [-0.15, -0.1) is 0 Å². The molecule has 0 saturated carbocycles. The fourth-order valence-electron chi connectivity index (χ4n) is 2.87. The van der Waals surface area contributed by atoms with E-state index in [1.54, 1.807) is 26.4 Å². The Labute approximate surface area is 188 Å². The average Bonchev–Trinajstić information content (AvgIpc) is 2.85. The van der Waals surface area contributed by atoms with Crippen molar-refractivity contribution in [2.24, 2.45) is 4.99 Å². The van der Waals surface area contributed by atoms with Gasteiger partial charge in [0.15, 0.2) is 5.96 Å². The van der Waals surface area contributed by atoms with Gasteiger partial charge < -0.3 is 24.8 Å². The fraction of sp³-hybridized carbons (Fsp3) is 0.200. The van der Waals surface area contributed by atoms with Crippen LogP contribution in [0.25, 0.3) is 0 Å². The molecule has 166 valence electrons. The summed E-state index contributed by atoms with van der Waals surface area (Å²) in [5, 5.41) is 6.59. The van der Waals surface area contributed by atoms with Crippen LogP contribution in [0.4, 0.5) is 0 Å². The number of hydrogen-bond donors (Lipinski definition) is 2. The minimum atomic E-state index is 0.467. The first-order valence-corrected chi connectivity index (χ1v) is 10.2. The number of nitrogens with one attached hydrogen (secondary N) is 2. The molecule has 3 aromatic rings. The van der Waals surface area contributed by atoms with E-state index in [0.29, 0.717) is 37.3 Å². The summed E-state index contributed by atoms with van der Waals surface area (Å²) in [6, 6.07) is 19.1. The van der Waals surface area contributed by atoms with Crippen molar-refractivity contribution in [2.45, 2.75) is 13.1 Å². The smallest absolute Gasteiger partial charge is 0.219 e. The molecule has 0 radical (unpaired) electrons. The first kappa shape index (κ1) is 22.7. The van der Waals surface area contributed by atoms with Gasteiger partial charge >= 0.3 is 0 Å². The molecule has 0 fully saturated rings. The molecular weight excluding hydrogens is 404 g/mol. The largest absolute Gasteiger partial charge is 0.497 e. The van der Waals surface area contributed by atoms with Gasteiger partial charge in [0.1, 0.15) is 23.9 Å². The minimum Gasteiger partial charge on any atom is -0.497 e. The molecule has 0 amide bonds. The highest BCUT2D eigenvalue weighted by molar-refractivity contribution is 5.79. The van der Waals surface area contributed by atoms with Gasteiger partial charge in [0.2, 0.25) is 5.88 Å². The van der Waals surface area contributed by atoms with E-state index < -0.39 is 0 Å². The Morgan fingerprint density at radius 3 is 2.44 bits per heavy atom. The molecule has 0 aliphatic heterocycles. The van der Waals surface area contributed by atoms with Crippen LogP contribution in [0.2, 0.25) is 0 Å². The Bertz CT molecular complexity index is 1020. The Morgan fingerprint density at radius 1 is 1.00 bits per heavy atom. The summed E-state index contributed by atoms with van der Waals surface area (Å²) in [6.07, 6.45) is 3.50. The standard InChI is InChI=1S/C25H28N4O3/c1-4-15-31-23-8-6-5-7-20(23)18-29-25(26-2)28-17-19-9-14-24(27-16-19)32-22-12-10-21(30-3)11-13-22/h4-14,16H,1,15,17-18H2,2-3H3,(H2,26,28,29). The number of guanidine groups is 1. The molecular formula is C25H28N4O3. The van der Waals surface area contributed by atoms with Crippen molar-refractivity contribution in [3.05, 3.63) is 90.6 Å². The summed E-state index contributed by atoms with van der Waals surface area (Å²) in [6.45, 7) is 5.32. The second-order valence-corrected chi connectivity index (χ2v) is 6.77. The third-order valence-corrected chi connectivity index (χ3v) is 4.54. The number of methoxy groups -OCH3 is 1. The van der Waals surface area contributed by atoms with Crippen molar-refractivity contribution in [1.29, 1.82) is 0 Å². The van der Waals surface area contributed by atoms with Gasteiger partial charge in [0, 0.05) is 38.0 Å². The molecule has 7 heteroatoms.